The second kappa shape index (κ2) is 15.4. The molecular weight excluding hydrogens is 775 g/mol. The number of hydrogen-bond acceptors (Lipinski definition) is 4. The summed E-state index contributed by atoms with van der Waals surface area (Å²) in [6, 6.07) is 30.7. The van der Waals surface area contributed by atoms with E-state index in [0.29, 0.717) is 5.92 Å². The van der Waals surface area contributed by atoms with Gasteiger partial charge in [0, 0.05) is 52.2 Å². The van der Waals surface area contributed by atoms with E-state index in [-0.39, 0.29) is 28.4 Å². The Balaban J connectivity index is 1.35. The Morgan fingerprint density at radius 1 is 0.578 bits per heavy atom. The summed E-state index contributed by atoms with van der Waals surface area (Å²) in [6.45, 7) is 34.7. The molecule has 1 unspecified atom stereocenters. The summed E-state index contributed by atoms with van der Waals surface area (Å²) in [5.41, 5.74) is 24.0. The first kappa shape index (κ1) is 43.8. The molecule has 0 spiro atoms. The summed E-state index contributed by atoms with van der Waals surface area (Å²) in [5.74, 6) is 0.403. The number of nitrogens with zero attached hydrogens (tertiary/aromatic N) is 4. The first-order chi connectivity index (χ1) is 30.0. The van der Waals surface area contributed by atoms with E-state index in [1.165, 1.54) is 83.8 Å². The first-order valence-corrected chi connectivity index (χ1v) is 23.8. The molecule has 9 rings (SSSR count). The summed E-state index contributed by atoms with van der Waals surface area (Å²) < 4.78 is 0. The van der Waals surface area contributed by atoms with Crippen molar-refractivity contribution in [1.29, 1.82) is 0 Å². The molecular formula is C59H69BN4. The Morgan fingerprint density at radius 2 is 1.19 bits per heavy atom. The number of benzene rings is 4. The zero-order chi connectivity index (χ0) is 45.8. The fraction of sp³-hybridized carbons (Fsp3) is 0.390. The van der Waals surface area contributed by atoms with Gasteiger partial charge >= 0.3 is 0 Å². The van der Waals surface area contributed by atoms with Gasteiger partial charge in [-0.15, -0.1) is 0 Å². The number of aryl methyl sites for hydroxylation is 3. The van der Waals surface area contributed by atoms with Crippen LogP contribution >= 0.6 is 0 Å². The maximum atomic E-state index is 5.27. The summed E-state index contributed by atoms with van der Waals surface area (Å²) in [6.07, 6.45) is 12.3. The molecule has 0 saturated carbocycles. The second-order valence-electron chi connectivity index (χ2n) is 23.5. The Morgan fingerprint density at radius 3 is 1.77 bits per heavy atom. The normalized spacial score (nSPS) is 17.5. The van der Waals surface area contributed by atoms with Crippen molar-refractivity contribution in [1.82, 2.24) is 4.98 Å². The van der Waals surface area contributed by atoms with Gasteiger partial charge in [0.05, 0.1) is 22.8 Å². The number of aliphatic imine (C=N–C) groups is 1. The van der Waals surface area contributed by atoms with Gasteiger partial charge in [-0.25, -0.2) is 0 Å². The third-order valence-electron chi connectivity index (χ3n) is 14.4. The second-order valence-corrected chi connectivity index (χ2v) is 23.5. The molecule has 0 saturated heterocycles. The van der Waals surface area contributed by atoms with Gasteiger partial charge in [-0.3, -0.25) is 9.98 Å². The van der Waals surface area contributed by atoms with Crippen LogP contribution in [0.5, 0.6) is 0 Å². The van der Waals surface area contributed by atoms with E-state index < -0.39 is 0 Å². The van der Waals surface area contributed by atoms with Crippen LogP contribution in [-0.2, 0) is 10.8 Å². The number of allylic oxidation sites excluding steroid dienone is 5. The van der Waals surface area contributed by atoms with Crippen molar-refractivity contribution in [3.05, 3.63) is 147 Å². The number of pyridine rings is 1. The quantitative estimate of drug-likeness (QED) is 0.169. The number of anilines is 5. The van der Waals surface area contributed by atoms with Crippen LogP contribution in [-0.4, -0.2) is 17.9 Å². The fourth-order valence-corrected chi connectivity index (χ4v) is 10.4. The van der Waals surface area contributed by atoms with Crippen LogP contribution in [0.15, 0.2) is 119 Å². The molecule has 4 heterocycles. The van der Waals surface area contributed by atoms with Crippen LogP contribution in [0, 0.1) is 37.5 Å². The lowest BCUT2D eigenvalue weighted by Gasteiger charge is -2.47. The van der Waals surface area contributed by atoms with Crippen LogP contribution in [0.25, 0.3) is 17.0 Å². The summed E-state index contributed by atoms with van der Waals surface area (Å²) in [7, 11) is 0. The molecule has 0 N–H and O–H groups in total. The lowest BCUT2D eigenvalue weighted by Crippen LogP contribution is -2.56. The smallest absolute Gasteiger partial charge is 0.251 e. The van der Waals surface area contributed by atoms with Crippen LogP contribution in [0.3, 0.4) is 0 Å². The molecule has 1 atom stereocenters. The summed E-state index contributed by atoms with van der Waals surface area (Å²) in [4.78, 5) is 15.7. The molecule has 5 heteroatoms. The average molecular weight is 845 g/mol. The predicted octanol–water partition coefficient (Wildman–Crippen LogP) is 14.9. The molecule has 328 valence electrons. The van der Waals surface area contributed by atoms with Crippen molar-refractivity contribution in [2.24, 2.45) is 21.7 Å². The molecule has 0 fully saturated rings. The lowest BCUT2D eigenvalue weighted by atomic mass is 9.32. The summed E-state index contributed by atoms with van der Waals surface area (Å²) >= 11 is 0. The maximum absolute atomic E-state index is 5.27. The predicted molar refractivity (Wildman–Crippen MR) is 277 cm³/mol. The van der Waals surface area contributed by atoms with Crippen molar-refractivity contribution in [3.63, 3.8) is 0 Å². The Kier molecular flexibility index (Phi) is 10.5. The van der Waals surface area contributed by atoms with E-state index in [1.807, 2.05) is 0 Å². The van der Waals surface area contributed by atoms with Gasteiger partial charge in [0.25, 0.3) is 6.71 Å². The largest absolute Gasteiger partial charge is 0.314 e. The van der Waals surface area contributed by atoms with Gasteiger partial charge in [-0.2, -0.15) is 0 Å². The van der Waals surface area contributed by atoms with Gasteiger partial charge in [0.1, 0.15) is 0 Å². The molecule has 1 aromatic heterocycles. The topological polar surface area (TPSA) is 31.7 Å². The highest BCUT2D eigenvalue weighted by molar-refractivity contribution is 6.95. The minimum absolute atomic E-state index is 0.0129. The summed E-state index contributed by atoms with van der Waals surface area (Å²) in [5, 5.41) is 0. The molecule has 3 aliphatic heterocycles. The molecule has 0 radical (unpaired) electrons. The fourth-order valence-electron chi connectivity index (χ4n) is 10.4. The zero-order valence-electron chi connectivity index (χ0n) is 41.4. The van der Waals surface area contributed by atoms with Gasteiger partial charge < -0.3 is 9.80 Å². The molecule has 4 aromatic carbocycles. The molecule has 64 heavy (non-hydrogen) atoms. The van der Waals surface area contributed by atoms with Crippen molar-refractivity contribution in [3.8, 4) is 11.3 Å². The van der Waals surface area contributed by atoms with Crippen LogP contribution in [0.4, 0.5) is 28.4 Å². The van der Waals surface area contributed by atoms with E-state index in [9.17, 15) is 0 Å². The standard InChI is InChI=1S/C59H69BN4/c1-36-16-24-49(43(28-36)47-22-18-41(34-61-47)58(10,11)12)63-51-26-20-39(56(4,5)6)32-45(51)60-46-33-40(57(7,8)9)21-27-52(46)64(54-31-38(3)30-53(63)55(54)60)50-25-17-37(2)29-44(50)48-23-19-42(35-62-48)59(13,14)15/h16-18,20,22-26,28-35,42H,19,21,27H2,1-15H3. The molecule has 1 aliphatic carbocycles. The molecule has 4 nitrogen and oxygen atoms in total. The van der Waals surface area contributed by atoms with Gasteiger partial charge in [-0.05, 0) is 143 Å². The number of rotatable bonds is 4. The highest BCUT2D eigenvalue weighted by Gasteiger charge is 2.46. The maximum Gasteiger partial charge on any atom is 0.251 e. The van der Waals surface area contributed by atoms with E-state index in [1.54, 1.807) is 0 Å². The van der Waals surface area contributed by atoms with E-state index in [0.717, 1.165) is 41.9 Å². The molecule has 0 bridgehead atoms. The minimum Gasteiger partial charge on any atom is -0.314 e. The van der Waals surface area contributed by atoms with Crippen molar-refractivity contribution in [2.75, 3.05) is 9.80 Å². The van der Waals surface area contributed by atoms with Crippen molar-refractivity contribution < 1.29 is 0 Å². The SMILES string of the molecule is Cc1ccc(N2C3=C(C=C(C(C)(C)C)CC3)B3c4cc(C(C)(C)C)ccc4N(c4ccc(C)cc4-c4ccc(C(C)(C)C)cn4)c4cc(C)cc2c43)c(C2=CCC(C(C)(C)C)C=N2)c1. The van der Waals surface area contributed by atoms with Gasteiger partial charge in [0.15, 0.2) is 0 Å². The van der Waals surface area contributed by atoms with Gasteiger partial charge in [-0.1, -0.05) is 142 Å². The molecule has 4 aliphatic rings. The average Bonchev–Trinajstić information content (AvgIpc) is 3.22. The Hall–Kier alpha value is -5.42. The van der Waals surface area contributed by atoms with Crippen LogP contribution < -0.4 is 20.7 Å². The van der Waals surface area contributed by atoms with Crippen LogP contribution in [0.1, 0.15) is 136 Å². The number of hydrogen-bond donors (Lipinski definition) is 0. The Bertz CT molecular complexity index is 2820. The van der Waals surface area contributed by atoms with Crippen molar-refractivity contribution in [2.45, 2.75) is 134 Å². The van der Waals surface area contributed by atoms with Crippen LogP contribution in [0.2, 0.25) is 0 Å². The first-order valence-electron chi connectivity index (χ1n) is 23.8. The highest BCUT2D eigenvalue weighted by atomic mass is 15.2. The number of aromatic nitrogens is 1. The lowest BCUT2D eigenvalue weighted by molar-refractivity contribution is 0.318. The number of fused-ring (bicyclic) bond motifs is 3. The van der Waals surface area contributed by atoms with E-state index in [4.69, 9.17) is 9.98 Å². The monoisotopic (exact) mass is 845 g/mol. The third kappa shape index (κ3) is 7.71. The Labute approximate surface area is 385 Å². The van der Waals surface area contributed by atoms with E-state index >= 15 is 0 Å². The third-order valence-corrected chi connectivity index (χ3v) is 14.4. The minimum atomic E-state index is -0.0299. The highest BCUT2D eigenvalue weighted by Crippen LogP contribution is 2.51. The van der Waals surface area contributed by atoms with E-state index in [2.05, 4.69) is 217 Å². The van der Waals surface area contributed by atoms with Gasteiger partial charge in [0.2, 0.25) is 0 Å². The molecule has 0 amide bonds. The molecule has 5 aromatic rings. The van der Waals surface area contributed by atoms with Crippen molar-refractivity contribution >= 4 is 58.0 Å². The zero-order valence-corrected chi connectivity index (χ0v) is 41.4.